The van der Waals surface area contributed by atoms with E-state index in [9.17, 15) is 9.13 Å². The van der Waals surface area contributed by atoms with Crippen LogP contribution in [0.4, 0.5) is 0 Å². The third-order valence-corrected chi connectivity index (χ3v) is 11.5. The van der Waals surface area contributed by atoms with Gasteiger partial charge in [0.15, 0.2) is 0 Å². The van der Waals surface area contributed by atoms with Crippen LogP contribution in [-0.2, 0) is 9.13 Å². The molecular weight excluding hydrogens is 534 g/mol. The monoisotopic (exact) mass is 560 g/mol. The van der Waals surface area contributed by atoms with Gasteiger partial charge in [-0.25, -0.2) is 0 Å². The molecule has 0 heterocycles. The summed E-state index contributed by atoms with van der Waals surface area (Å²) in [5.41, 5.74) is 0. The highest BCUT2D eigenvalue weighted by atomic mass is 31.2. The Morgan fingerprint density at radius 2 is 0.650 bits per heavy atom. The van der Waals surface area contributed by atoms with Gasteiger partial charge in [-0.05, 0) is 66.0 Å². The molecule has 0 aliphatic heterocycles. The first-order valence-electron chi connectivity index (χ1n) is 12.9. The smallest absolute Gasteiger partial charge is 0.306 e. The molecule has 4 nitrogen and oxygen atoms in total. The Hall–Kier alpha value is -4.36. The standard InChI is InChI=1S/C34H26O4P2/c35-39(28-17-5-1-6-18-28,29-19-7-2-8-20-29)37-32-25-13-15-27-16-14-26-33(34(27)32)38-40(36,30-21-9-3-10-22-30)31-23-11-4-12-24-31/h1-26H. The topological polar surface area (TPSA) is 52.6 Å². The van der Waals surface area contributed by atoms with Gasteiger partial charge >= 0.3 is 14.7 Å². The van der Waals surface area contributed by atoms with Crippen molar-refractivity contribution in [3.05, 3.63) is 158 Å². The zero-order chi connectivity index (χ0) is 27.4. The second kappa shape index (κ2) is 11.0. The maximum atomic E-state index is 14.8. The van der Waals surface area contributed by atoms with Gasteiger partial charge in [0.25, 0.3) is 0 Å². The molecule has 0 fully saturated rings. The van der Waals surface area contributed by atoms with Crippen molar-refractivity contribution < 1.29 is 18.2 Å². The van der Waals surface area contributed by atoms with Gasteiger partial charge < -0.3 is 9.05 Å². The summed E-state index contributed by atoms with van der Waals surface area (Å²) in [7, 11) is -7.12. The summed E-state index contributed by atoms with van der Waals surface area (Å²) in [6.45, 7) is 0. The molecule has 0 bridgehead atoms. The van der Waals surface area contributed by atoms with E-state index < -0.39 is 14.7 Å². The quantitative estimate of drug-likeness (QED) is 0.182. The number of benzene rings is 6. The highest BCUT2D eigenvalue weighted by molar-refractivity contribution is 7.75. The molecule has 0 N–H and O–H groups in total. The molecule has 0 saturated carbocycles. The fourth-order valence-electron chi connectivity index (χ4n) is 4.71. The van der Waals surface area contributed by atoms with E-state index in [1.807, 2.05) is 146 Å². The average Bonchev–Trinajstić information content (AvgIpc) is 3.03. The van der Waals surface area contributed by atoms with E-state index in [2.05, 4.69) is 0 Å². The van der Waals surface area contributed by atoms with E-state index in [1.165, 1.54) is 0 Å². The summed E-state index contributed by atoms with van der Waals surface area (Å²) < 4.78 is 42.6. The van der Waals surface area contributed by atoms with Gasteiger partial charge in [-0.15, -0.1) is 0 Å². The van der Waals surface area contributed by atoms with E-state index in [0.29, 0.717) is 38.1 Å². The first-order valence-corrected chi connectivity index (χ1v) is 16.2. The van der Waals surface area contributed by atoms with Crippen LogP contribution in [0.3, 0.4) is 0 Å². The van der Waals surface area contributed by atoms with E-state index in [-0.39, 0.29) is 0 Å². The van der Waals surface area contributed by atoms with E-state index >= 15 is 0 Å². The van der Waals surface area contributed by atoms with Crippen molar-refractivity contribution in [2.75, 3.05) is 0 Å². The van der Waals surface area contributed by atoms with E-state index in [4.69, 9.17) is 9.05 Å². The summed E-state index contributed by atoms with van der Waals surface area (Å²) in [5.74, 6) is 0.772. The Morgan fingerprint density at radius 1 is 0.350 bits per heavy atom. The van der Waals surface area contributed by atoms with Gasteiger partial charge in [-0.2, -0.15) is 0 Å². The molecule has 0 radical (unpaired) electrons. The lowest BCUT2D eigenvalue weighted by Crippen LogP contribution is -2.21. The third kappa shape index (κ3) is 4.89. The van der Waals surface area contributed by atoms with Gasteiger partial charge in [0, 0.05) is 0 Å². The molecule has 0 aromatic heterocycles. The Labute approximate surface area is 233 Å². The molecule has 0 aliphatic carbocycles. The Morgan fingerprint density at radius 3 is 0.950 bits per heavy atom. The van der Waals surface area contributed by atoms with Crippen LogP contribution in [0.2, 0.25) is 0 Å². The fourth-order valence-corrected chi connectivity index (χ4v) is 8.84. The SMILES string of the molecule is O=P(Oc1cccc2cccc(OP(=O)(c3ccccc3)c3ccccc3)c12)(c1ccccc1)c1ccccc1. The molecule has 6 aromatic rings. The Balaban J connectivity index is 1.52. The van der Waals surface area contributed by atoms with Gasteiger partial charge in [0.1, 0.15) is 11.5 Å². The molecule has 6 heteroatoms. The molecule has 40 heavy (non-hydrogen) atoms. The first-order chi connectivity index (χ1) is 19.6. The van der Waals surface area contributed by atoms with Crippen LogP contribution in [0.1, 0.15) is 0 Å². The molecule has 0 amide bonds. The van der Waals surface area contributed by atoms with Crippen LogP contribution in [0.15, 0.2) is 158 Å². The van der Waals surface area contributed by atoms with Crippen molar-refractivity contribution in [1.29, 1.82) is 0 Å². The highest BCUT2D eigenvalue weighted by Crippen LogP contribution is 2.51. The summed E-state index contributed by atoms with van der Waals surface area (Å²) in [4.78, 5) is 0. The number of hydrogen-bond acceptors (Lipinski definition) is 4. The maximum absolute atomic E-state index is 14.8. The molecular formula is C34H26O4P2. The van der Waals surface area contributed by atoms with Gasteiger partial charge in [0.2, 0.25) is 0 Å². The minimum atomic E-state index is -3.56. The number of fused-ring (bicyclic) bond motifs is 1. The summed E-state index contributed by atoms with van der Waals surface area (Å²) in [5, 5.41) is 3.73. The Bertz CT molecular complexity index is 1620. The van der Waals surface area contributed by atoms with Crippen molar-refractivity contribution in [3.8, 4) is 11.5 Å². The Kier molecular flexibility index (Phi) is 7.13. The number of rotatable bonds is 8. The van der Waals surface area contributed by atoms with Crippen LogP contribution in [-0.4, -0.2) is 0 Å². The van der Waals surface area contributed by atoms with Crippen LogP contribution >= 0.6 is 14.7 Å². The lowest BCUT2D eigenvalue weighted by molar-refractivity contribution is 0.499. The zero-order valence-corrected chi connectivity index (χ0v) is 23.3. The molecule has 0 aliphatic rings. The van der Waals surface area contributed by atoms with Crippen molar-refractivity contribution in [3.63, 3.8) is 0 Å². The van der Waals surface area contributed by atoms with Gasteiger partial charge in [0.05, 0.1) is 26.6 Å². The highest BCUT2D eigenvalue weighted by Gasteiger charge is 2.33. The minimum Gasteiger partial charge on any atom is -0.436 e. The summed E-state index contributed by atoms with van der Waals surface area (Å²) >= 11 is 0. The predicted octanol–water partition coefficient (Wildman–Crippen LogP) is 7.46. The lowest BCUT2D eigenvalue weighted by atomic mass is 10.1. The van der Waals surface area contributed by atoms with Crippen molar-refractivity contribution in [2.24, 2.45) is 0 Å². The third-order valence-electron chi connectivity index (χ3n) is 6.67. The largest absolute Gasteiger partial charge is 0.436 e. The van der Waals surface area contributed by atoms with Crippen molar-refractivity contribution >= 4 is 46.7 Å². The zero-order valence-electron chi connectivity index (χ0n) is 21.5. The molecule has 0 atom stereocenters. The van der Waals surface area contributed by atoms with Crippen molar-refractivity contribution in [2.45, 2.75) is 0 Å². The molecule has 0 spiro atoms. The van der Waals surface area contributed by atoms with Crippen molar-refractivity contribution in [1.82, 2.24) is 0 Å². The van der Waals surface area contributed by atoms with Crippen LogP contribution in [0, 0.1) is 0 Å². The predicted molar refractivity (Wildman–Crippen MR) is 165 cm³/mol. The maximum Gasteiger partial charge on any atom is 0.306 e. The van der Waals surface area contributed by atoms with E-state index in [0.717, 1.165) is 5.39 Å². The second-order valence-corrected chi connectivity index (χ2v) is 13.9. The van der Waals surface area contributed by atoms with E-state index in [1.54, 1.807) is 12.1 Å². The summed E-state index contributed by atoms with van der Waals surface area (Å²) in [6, 6.07) is 48.0. The second-order valence-electron chi connectivity index (χ2n) is 9.24. The first kappa shape index (κ1) is 25.9. The normalized spacial score (nSPS) is 11.7. The molecule has 196 valence electrons. The lowest BCUT2D eigenvalue weighted by Gasteiger charge is -2.24. The fraction of sp³-hybridized carbons (Fsp3) is 0. The minimum absolute atomic E-state index is 0.386. The molecule has 0 saturated heterocycles. The number of hydrogen-bond donors (Lipinski definition) is 0. The van der Waals surface area contributed by atoms with Gasteiger partial charge in [-0.3, -0.25) is 9.13 Å². The van der Waals surface area contributed by atoms with Crippen LogP contribution in [0.5, 0.6) is 11.5 Å². The molecule has 6 aromatic carbocycles. The molecule has 0 unspecified atom stereocenters. The average molecular weight is 561 g/mol. The molecule has 6 rings (SSSR count). The van der Waals surface area contributed by atoms with Crippen LogP contribution in [0.25, 0.3) is 10.8 Å². The van der Waals surface area contributed by atoms with Gasteiger partial charge in [-0.1, -0.05) is 97.1 Å². The summed E-state index contributed by atoms with van der Waals surface area (Å²) in [6.07, 6.45) is 0. The van der Waals surface area contributed by atoms with Crippen LogP contribution < -0.4 is 30.3 Å².